The zero-order chi connectivity index (χ0) is 15.2. The average molecular weight is 306 g/mol. The maximum atomic E-state index is 11.9. The molecular weight excluding hydrogens is 284 g/mol. The van der Waals surface area contributed by atoms with Crippen LogP contribution >= 0.6 is 12.2 Å². The number of nitrogens with zero attached hydrogens (tertiary/aromatic N) is 1. The van der Waals surface area contributed by atoms with Crippen LogP contribution in [0.5, 0.6) is 5.75 Å². The fraction of sp³-hybridized carbons (Fsp3) is 0.500. The van der Waals surface area contributed by atoms with Crippen molar-refractivity contribution in [1.29, 1.82) is 0 Å². The Bertz CT molecular complexity index is 519. The fourth-order valence-corrected chi connectivity index (χ4v) is 2.90. The smallest absolute Gasteiger partial charge is 0.223 e. The van der Waals surface area contributed by atoms with Crippen LogP contribution in [0, 0.1) is 5.92 Å². The van der Waals surface area contributed by atoms with Crippen molar-refractivity contribution < 1.29 is 9.53 Å². The summed E-state index contributed by atoms with van der Waals surface area (Å²) in [6, 6.07) is 7.45. The Morgan fingerprint density at radius 2 is 2.24 bits per heavy atom. The zero-order valence-electron chi connectivity index (χ0n) is 12.4. The first-order chi connectivity index (χ1) is 10.1. The van der Waals surface area contributed by atoms with Gasteiger partial charge in [-0.2, -0.15) is 0 Å². The Hall–Kier alpha value is -1.62. The molecule has 0 spiro atoms. The van der Waals surface area contributed by atoms with Crippen LogP contribution in [0.25, 0.3) is 0 Å². The summed E-state index contributed by atoms with van der Waals surface area (Å²) in [5.41, 5.74) is 6.41. The van der Waals surface area contributed by atoms with Crippen molar-refractivity contribution in [2.75, 3.05) is 19.7 Å². The summed E-state index contributed by atoms with van der Waals surface area (Å²) < 4.78 is 5.74. The normalized spacial score (nSPS) is 18.0. The van der Waals surface area contributed by atoms with E-state index in [1.165, 1.54) is 0 Å². The molecule has 2 N–H and O–H groups in total. The number of hydrogen-bond acceptors (Lipinski definition) is 3. The van der Waals surface area contributed by atoms with Gasteiger partial charge in [0.15, 0.2) is 0 Å². The SMILES string of the molecule is CCCC1CC(=O)N(CCOc2ccccc2C(N)=S)C1. The molecule has 0 bridgehead atoms. The van der Waals surface area contributed by atoms with Crippen LogP contribution in [-0.2, 0) is 4.79 Å². The summed E-state index contributed by atoms with van der Waals surface area (Å²) >= 11 is 5.00. The Morgan fingerprint density at radius 3 is 2.95 bits per heavy atom. The van der Waals surface area contributed by atoms with Gasteiger partial charge < -0.3 is 15.4 Å². The second kappa shape index (κ2) is 7.41. The Balaban J connectivity index is 1.85. The van der Waals surface area contributed by atoms with E-state index in [4.69, 9.17) is 22.7 Å². The third kappa shape index (κ3) is 4.17. The molecule has 21 heavy (non-hydrogen) atoms. The minimum atomic E-state index is 0.236. The van der Waals surface area contributed by atoms with Gasteiger partial charge >= 0.3 is 0 Å². The Kier molecular flexibility index (Phi) is 5.56. The maximum Gasteiger partial charge on any atom is 0.223 e. The molecule has 0 radical (unpaired) electrons. The molecule has 0 aliphatic carbocycles. The van der Waals surface area contributed by atoms with Crippen molar-refractivity contribution in [3.63, 3.8) is 0 Å². The lowest BCUT2D eigenvalue weighted by Crippen LogP contribution is -2.30. The number of carbonyl (C=O) groups excluding carboxylic acids is 1. The van der Waals surface area contributed by atoms with Gasteiger partial charge in [-0.3, -0.25) is 4.79 Å². The van der Waals surface area contributed by atoms with Gasteiger partial charge in [0.05, 0.1) is 12.1 Å². The van der Waals surface area contributed by atoms with E-state index in [1.807, 2.05) is 29.2 Å². The van der Waals surface area contributed by atoms with Crippen LogP contribution in [0.15, 0.2) is 24.3 Å². The molecule has 5 heteroatoms. The molecule has 0 saturated carbocycles. The van der Waals surface area contributed by atoms with E-state index in [0.29, 0.717) is 36.2 Å². The molecular formula is C16H22N2O2S. The van der Waals surface area contributed by atoms with Crippen LogP contribution in [-0.4, -0.2) is 35.5 Å². The number of thiocarbonyl (C=S) groups is 1. The molecule has 1 aliphatic rings. The predicted molar refractivity (Wildman–Crippen MR) is 87.4 cm³/mol. The summed E-state index contributed by atoms with van der Waals surface area (Å²) in [4.78, 5) is 14.1. The second-order valence-corrected chi connectivity index (χ2v) is 5.85. The van der Waals surface area contributed by atoms with Crippen molar-refractivity contribution in [3.05, 3.63) is 29.8 Å². The Labute approximate surface area is 131 Å². The average Bonchev–Trinajstić information content (AvgIpc) is 2.80. The molecule has 114 valence electrons. The number of hydrogen-bond donors (Lipinski definition) is 1. The van der Waals surface area contributed by atoms with Gasteiger partial charge in [-0.15, -0.1) is 0 Å². The number of nitrogens with two attached hydrogens (primary N) is 1. The van der Waals surface area contributed by atoms with Crippen molar-refractivity contribution in [1.82, 2.24) is 4.90 Å². The van der Waals surface area contributed by atoms with Crippen LogP contribution < -0.4 is 10.5 Å². The van der Waals surface area contributed by atoms with Gasteiger partial charge in [-0.1, -0.05) is 37.7 Å². The molecule has 1 fully saturated rings. The highest BCUT2D eigenvalue weighted by Crippen LogP contribution is 2.22. The standard InChI is InChI=1S/C16H22N2O2S/c1-2-5-12-10-15(19)18(11-12)8-9-20-14-7-4-3-6-13(14)16(17)21/h3-4,6-7,12H,2,5,8-11H2,1H3,(H2,17,21). The minimum Gasteiger partial charge on any atom is -0.491 e. The van der Waals surface area contributed by atoms with E-state index in [1.54, 1.807) is 0 Å². The number of ether oxygens (including phenoxy) is 1. The van der Waals surface area contributed by atoms with E-state index in [-0.39, 0.29) is 5.91 Å². The van der Waals surface area contributed by atoms with Crippen molar-refractivity contribution in [2.45, 2.75) is 26.2 Å². The number of para-hydroxylation sites is 1. The number of likely N-dealkylation sites (tertiary alicyclic amines) is 1. The van der Waals surface area contributed by atoms with Gasteiger partial charge in [0.25, 0.3) is 0 Å². The van der Waals surface area contributed by atoms with Gasteiger partial charge in [-0.25, -0.2) is 0 Å². The molecule has 2 rings (SSSR count). The van der Waals surface area contributed by atoms with E-state index >= 15 is 0 Å². The molecule has 1 amide bonds. The van der Waals surface area contributed by atoms with Crippen molar-refractivity contribution in [3.8, 4) is 5.75 Å². The van der Waals surface area contributed by atoms with Crippen LogP contribution in [0.1, 0.15) is 31.7 Å². The molecule has 1 aliphatic heterocycles. The molecule has 1 unspecified atom stereocenters. The fourth-order valence-electron chi connectivity index (χ4n) is 2.73. The van der Waals surface area contributed by atoms with Gasteiger partial charge in [-0.05, 0) is 24.5 Å². The van der Waals surface area contributed by atoms with E-state index in [0.717, 1.165) is 24.9 Å². The lowest BCUT2D eigenvalue weighted by atomic mass is 10.0. The number of rotatable bonds is 7. The van der Waals surface area contributed by atoms with Crippen molar-refractivity contribution >= 4 is 23.1 Å². The van der Waals surface area contributed by atoms with Gasteiger partial charge in [0, 0.05) is 13.0 Å². The maximum absolute atomic E-state index is 11.9. The summed E-state index contributed by atoms with van der Waals surface area (Å²) in [6.07, 6.45) is 2.92. The molecule has 0 aromatic heterocycles. The van der Waals surface area contributed by atoms with Gasteiger partial charge in [0.2, 0.25) is 5.91 Å². The van der Waals surface area contributed by atoms with Crippen LogP contribution in [0.2, 0.25) is 0 Å². The highest BCUT2D eigenvalue weighted by molar-refractivity contribution is 7.80. The zero-order valence-corrected chi connectivity index (χ0v) is 13.2. The number of carbonyl (C=O) groups is 1. The first-order valence-corrected chi connectivity index (χ1v) is 7.82. The molecule has 1 aromatic carbocycles. The lowest BCUT2D eigenvalue weighted by Gasteiger charge is -2.17. The second-order valence-electron chi connectivity index (χ2n) is 5.41. The van der Waals surface area contributed by atoms with Crippen LogP contribution in [0.3, 0.4) is 0 Å². The van der Waals surface area contributed by atoms with Crippen molar-refractivity contribution in [2.24, 2.45) is 11.7 Å². The summed E-state index contributed by atoms with van der Waals surface area (Å²) in [6.45, 7) is 4.09. The first-order valence-electron chi connectivity index (χ1n) is 7.41. The summed E-state index contributed by atoms with van der Waals surface area (Å²) in [5.74, 6) is 1.42. The van der Waals surface area contributed by atoms with Crippen LogP contribution in [0.4, 0.5) is 0 Å². The van der Waals surface area contributed by atoms with E-state index in [9.17, 15) is 4.79 Å². The number of benzene rings is 1. The topological polar surface area (TPSA) is 55.6 Å². The summed E-state index contributed by atoms with van der Waals surface area (Å²) in [5, 5.41) is 0. The molecule has 1 aromatic rings. The first kappa shape index (κ1) is 15.8. The monoisotopic (exact) mass is 306 g/mol. The third-order valence-corrected chi connectivity index (χ3v) is 3.98. The molecule has 1 saturated heterocycles. The highest BCUT2D eigenvalue weighted by atomic mass is 32.1. The number of amides is 1. The molecule has 4 nitrogen and oxygen atoms in total. The molecule has 1 heterocycles. The largest absolute Gasteiger partial charge is 0.491 e. The lowest BCUT2D eigenvalue weighted by molar-refractivity contribution is -0.128. The Morgan fingerprint density at radius 1 is 1.48 bits per heavy atom. The molecule has 1 atom stereocenters. The quantitative estimate of drug-likeness (QED) is 0.786. The predicted octanol–water partition coefficient (Wildman–Crippen LogP) is 2.35. The van der Waals surface area contributed by atoms with E-state index in [2.05, 4.69) is 6.92 Å². The highest BCUT2D eigenvalue weighted by Gasteiger charge is 2.28. The minimum absolute atomic E-state index is 0.236. The van der Waals surface area contributed by atoms with Gasteiger partial charge in [0.1, 0.15) is 17.3 Å². The third-order valence-electron chi connectivity index (χ3n) is 3.76. The van der Waals surface area contributed by atoms with E-state index < -0.39 is 0 Å². The summed E-state index contributed by atoms with van der Waals surface area (Å²) in [7, 11) is 0.